The number of rotatable bonds is 6. The second kappa shape index (κ2) is 9.89. The molecular formula is C30H38N2O4. The highest BCUT2D eigenvalue weighted by Gasteiger charge is 2.39. The number of carbonyl (C=O) groups excluding carboxylic acids is 1. The Morgan fingerprint density at radius 2 is 1.58 bits per heavy atom. The van der Waals surface area contributed by atoms with Gasteiger partial charge in [0.1, 0.15) is 11.4 Å². The molecule has 2 fully saturated rings. The number of hydrogen-bond acceptors (Lipinski definition) is 4. The maximum absolute atomic E-state index is 13.3. The molecule has 6 nitrogen and oxygen atoms in total. The van der Waals surface area contributed by atoms with E-state index in [1.165, 1.54) is 24.0 Å². The highest BCUT2D eigenvalue weighted by atomic mass is 16.5. The van der Waals surface area contributed by atoms with Crippen molar-refractivity contribution in [3.63, 3.8) is 0 Å². The fraction of sp³-hybridized carbons (Fsp3) is 0.533. The van der Waals surface area contributed by atoms with Gasteiger partial charge in [0.2, 0.25) is 0 Å². The number of carbonyl (C=O) groups is 2. The number of amides is 1. The quantitative estimate of drug-likeness (QED) is 0.621. The summed E-state index contributed by atoms with van der Waals surface area (Å²) in [4.78, 5) is 28.8. The van der Waals surface area contributed by atoms with E-state index in [1.54, 1.807) is 0 Å². The number of ether oxygens (including phenoxy) is 1. The average molecular weight is 491 g/mol. The first kappa shape index (κ1) is 24.8. The number of aliphatic carboxylic acids is 1. The number of nitrogens with zero attached hydrogens (tertiary/aromatic N) is 2. The van der Waals surface area contributed by atoms with Crippen molar-refractivity contribution in [2.24, 2.45) is 5.41 Å². The first-order chi connectivity index (χ1) is 17.2. The van der Waals surface area contributed by atoms with Gasteiger partial charge in [-0.15, -0.1) is 0 Å². The minimum atomic E-state index is -0.837. The zero-order valence-electron chi connectivity index (χ0n) is 21.6. The smallest absolute Gasteiger partial charge is 0.303 e. The van der Waals surface area contributed by atoms with Crippen LogP contribution in [-0.4, -0.2) is 58.6 Å². The number of likely N-dealkylation sites (tertiary alicyclic amines) is 2. The van der Waals surface area contributed by atoms with Crippen LogP contribution >= 0.6 is 0 Å². The van der Waals surface area contributed by atoms with Crippen LogP contribution in [0.15, 0.2) is 42.5 Å². The molecule has 5 rings (SSSR count). The van der Waals surface area contributed by atoms with E-state index in [1.807, 2.05) is 29.2 Å². The van der Waals surface area contributed by atoms with Crippen molar-refractivity contribution in [2.75, 3.05) is 26.2 Å². The SMILES string of the molecule is CC1(C)Cc2cccc(CN3CCC4(CC3)CCN(C(=O)c3ccccc3CCC(=O)O)CC4)c2O1. The number of aryl methyl sites for hydroxylation is 1. The molecule has 1 spiro atoms. The van der Waals surface area contributed by atoms with E-state index in [0.717, 1.165) is 63.3 Å². The summed E-state index contributed by atoms with van der Waals surface area (Å²) >= 11 is 0. The van der Waals surface area contributed by atoms with Crippen molar-refractivity contribution in [1.29, 1.82) is 0 Å². The van der Waals surface area contributed by atoms with Crippen molar-refractivity contribution in [3.05, 3.63) is 64.7 Å². The lowest BCUT2D eigenvalue weighted by Gasteiger charge is -2.47. The molecule has 6 heteroatoms. The maximum Gasteiger partial charge on any atom is 0.303 e. The van der Waals surface area contributed by atoms with Crippen LogP contribution in [0, 0.1) is 5.41 Å². The van der Waals surface area contributed by atoms with Crippen LogP contribution in [0.25, 0.3) is 0 Å². The molecule has 2 aromatic rings. The lowest BCUT2D eigenvalue weighted by Crippen LogP contribution is -2.48. The highest BCUT2D eigenvalue weighted by molar-refractivity contribution is 5.95. The van der Waals surface area contributed by atoms with Gasteiger partial charge in [-0.25, -0.2) is 0 Å². The van der Waals surface area contributed by atoms with E-state index in [4.69, 9.17) is 9.84 Å². The van der Waals surface area contributed by atoms with Crippen molar-refractivity contribution in [3.8, 4) is 5.75 Å². The van der Waals surface area contributed by atoms with Crippen molar-refractivity contribution < 1.29 is 19.4 Å². The van der Waals surface area contributed by atoms with Gasteiger partial charge in [0.25, 0.3) is 5.91 Å². The summed E-state index contributed by atoms with van der Waals surface area (Å²) in [6, 6.07) is 14.0. The zero-order chi connectivity index (χ0) is 25.3. The molecule has 0 aliphatic carbocycles. The topological polar surface area (TPSA) is 70.1 Å². The van der Waals surface area contributed by atoms with Crippen molar-refractivity contribution in [2.45, 2.75) is 70.9 Å². The highest BCUT2D eigenvalue weighted by Crippen LogP contribution is 2.43. The molecule has 0 aromatic heterocycles. The number of para-hydroxylation sites is 1. The molecule has 0 saturated carbocycles. The fourth-order valence-corrected chi connectivity index (χ4v) is 6.27. The third-order valence-corrected chi connectivity index (χ3v) is 8.45. The minimum Gasteiger partial charge on any atom is -0.487 e. The number of carboxylic acids is 1. The van der Waals surface area contributed by atoms with E-state index in [0.29, 0.717) is 17.4 Å². The Morgan fingerprint density at radius 3 is 2.31 bits per heavy atom. The first-order valence-electron chi connectivity index (χ1n) is 13.3. The summed E-state index contributed by atoms with van der Waals surface area (Å²) in [7, 11) is 0. The molecule has 2 aromatic carbocycles. The summed E-state index contributed by atoms with van der Waals surface area (Å²) in [5, 5.41) is 9.05. The standard InChI is InChI=1S/C30H38N2O4/c1-29(2)20-23-7-5-8-24(27(23)36-29)21-31-16-12-30(13-17-31)14-18-32(19-15-30)28(35)25-9-4-3-6-22(25)10-11-26(33)34/h3-9H,10-21H2,1-2H3,(H,33,34). The van der Waals surface area contributed by atoms with Gasteiger partial charge in [-0.05, 0) is 81.6 Å². The number of carboxylic acid groups (broad SMARTS) is 1. The average Bonchev–Trinajstić information content (AvgIpc) is 3.19. The van der Waals surface area contributed by atoms with Crippen LogP contribution in [0.4, 0.5) is 0 Å². The number of benzene rings is 2. The van der Waals surface area contributed by atoms with Crippen LogP contribution in [-0.2, 0) is 24.2 Å². The van der Waals surface area contributed by atoms with Gasteiger partial charge in [0.15, 0.2) is 0 Å². The van der Waals surface area contributed by atoms with Gasteiger partial charge >= 0.3 is 5.97 Å². The summed E-state index contributed by atoms with van der Waals surface area (Å²) in [5.41, 5.74) is 4.33. The Balaban J connectivity index is 1.16. The normalized spacial score (nSPS) is 20.7. The largest absolute Gasteiger partial charge is 0.487 e. The van der Waals surface area contributed by atoms with E-state index >= 15 is 0 Å². The maximum atomic E-state index is 13.3. The van der Waals surface area contributed by atoms with Crippen LogP contribution in [0.5, 0.6) is 5.75 Å². The molecule has 0 unspecified atom stereocenters. The Bertz CT molecular complexity index is 1120. The van der Waals surface area contributed by atoms with Gasteiger partial charge in [-0.2, -0.15) is 0 Å². The summed E-state index contributed by atoms with van der Waals surface area (Å²) in [6.07, 6.45) is 5.83. The van der Waals surface area contributed by atoms with Gasteiger partial charge < -0.3 is 14.7 Å². The van der Waals surface area contributed by atoms with E-state index < -0.39 is 5.97 Å². The van der Waals surface area contributed by atoms with Gasteiger partial charge in [0, 0.05) is 43.6 Å². The molecule has 1 N–H and O–H groups in total. The molecule has 0 atom stereocenters. The van der Waals surface area contributed by atoms with Crippen LogP contribution in [0.2, 0.25) is 0 Å². The van der Waals surface area contributed by atoms with Crippen molar-refractivity contribution >= 4 is 11.9 Å². The lowest BCUT2D eigenvalue weighted by atomic mass is 9.71. The van der Waals surface area contributed by atoms with E-state index in [-0.39, 0.29) is 17.9 Å². The molecule has 192 valence electrons. The lowest BCUT2D eigenvalue weighted by molar-refractivity contribution is -0.136. The minimum absolute atomic E-state index is 0.0412. The molecule has 3 heterocycles. The fourth-order valence-electron chi connectivity index (χ4n) is 6.27. The van der Waals surface area contributed by atoms with E-state index in [9.17, 15) is 9.59 Å². The molecular weight excluding hydrogens is 452 g/mol. The monoisotopic (exact) mass is 490 g/mol. The van der Waals surface area contributed by atoms with Crippen LogP contribution < -0.4 is 4.74 Å². The summed E-state index contributed by atoms with van der Waals surface area (Å²) < 4.78 is 6.29. The van der Waals surface area contributed by atoms with Crippen molar-refractivity contribution in [1.82, 2.24) is 9.80 Å². The molecule has 0 bridgehead atoms. The van der Waals surface area contributed by atoms with E-state index in [2.05, 4.69) is 36.9 Å². The first-order valence-corrected chi connectivity index (χ1v) is 13.3. The third kappa shape index (κ3) is 5.29. The molecule has 2 saturated heterocycles. The van der Waals surface area contributed by atoms with Crippen LogP contribution in [0.3, 0.4) is 0 Å². The molecule has 1 amide bonds. The second-order valence-corrected chi connectivity index (χ2v) is 11.6. The molecule has 3 aliphatic rings. The Labute approximate surface area is 214 Å². The Morgan fingerprint density at radius 1 is 0.917 bits per heavy atom. The van der Waals surface area contributed by atoms with Gasteiger partial charge in [-0.1, -0.05) is 36.4 Å². The van der Waals surface area contributed by atoms with Crippen LogP contribution in [0.1, 0.15) is 73.0 Å². The number of piperidine rings is 2. The zero-order valence-corrected chi connectivity index (χ0v) is 21.6. The predicted molar refractivity (Wildman–Crippen MR) is 139 cm³/mol. The van der Waals surface area contributed by atoms with Gasteiger partial charge in [0.05, 0.1) is 0 Å². The molecule has 3 aliphatic heterocycles. The third-order valence-electron chi connectivity index (χ3n) is 8.45. The second-order valence-electron chi connectivity index (χ2n) is 11.6. The Kier molecular flexibility index (Phi) is 6.82. The molecule has 36 heavy (non-hydrogen) atoms. The predicted octanol–water partition coefficient (Wildman–Crippen LogP) is 4.94. The summed E-state index contributed by atoms with van der Waals surface area (Å²) in [5.74, 6) is 0.305. The Hall–Kier alpha value is -2.86. The number of hydrogen-bond donors (Lipinski definition) is 1. The molecule has 0 radical (unpaired) electrons. The van der Waals surface area contributed by atoms with Gasteiger partial charge in [-0.3, -0.25) is 14.5 Å². The number of fused-ring (bicyclic) bond motifs is 1. The summed E-state index contributed by atoms with van der Waals surface area (Å²) in [6.45, 7) is 8.98.